The van der Waals surface area contributed by atoms with Crippen molar-refractivity contribution >= 4 is 11.4 Å². The molecule has 0 unspecified atom stereocenters. The Hall–Kier alpha value is -2.99. The van der Waals surface area contributed by atoms with E-state index in [-0.39, 0.29) is 5.69 Å². The van der Waals surface area contributed by atoms with Crippen molar-refractivity contribution in [2.45, 2.75) is 26.1 Å². The van der Waals surface area contributed by atoms with Crippen molar-refractivity contribution in [3.8, 4) is 0 Å². The van der Waals surface area contributed by atoms with Gasteiger partial charge in [-0.15, -0.1) is 0 Å². The van der Waals surface area contributed by atoms with Crippen LogP contribution in [0.25, 0.3) is 0 Å². The van der Waals surface area contributed by atoms with Crippen molar-refractivity contribution < 1.29 is 13.2 Å². The second-order valence-electron chi connectivity index (χ2n) is 9.31. The summed E-state index contributed by atoms with van der Waals surface area (Å²) in [7, 11) is 0. The van der Waals surface area contributed by atoms with Crippen molar-refractivity contribution in [2.75, 3.05) is 42.9 Å². The Morgan fingerprint density at radius 1 is 0.794 bits per heavy atom. The molecule has 34 heavy (non-hydrogen) atoms. The number of piperazine rings is 1. The lowest BCUT2D eigenvalue weighted by atomic mass is 9.97. The van der Waals surface area contributed by atoms with E-state index in [9.17, 15) is 13.2 Å². The summed E-state index contributed by atoms with van der Waals surface area (Å²) >= 11 is 0. The maximum absolute atomic E-state index is 14.0. The standard InChI is InChI=1S/C28H32F3N3/c1-21(2)20-33-15-17-34(18-16-33)24-13-14-25(28(29,30)31)26(19-24)32-27(22-9-5-3-6-10-22)23-11-7-4-8-12-23/h3-14,19,21,27,32H,15-18,20H2,1-2H3. The summed E-state index contributed by atoms with van der Waals surface area (Å²) in [4.78, 5) is 4.60. The van der Waals surface area contributed by atoms with Gasteiger partial charge in [0.2, 0.25) is 0 Å². The first-order valence-corrected chi connectivity index (χ1v) is 11.9. The van der Waals surface area contributed by atoms with Crippen LogP contribution in [0.3, 0.4) is 0 Å². The number of hydrogen-bond donors (Lipinski definition) is 1. The van der Waals surface area contributed by atoms with Gasteiger partial charge in [-0.25, -0.2) is 0 Å². The first-order valence-electron chi connectivity index (χ1n) is 11.9. The van der Waals surface area contributed by atoms with Crippen LogP contribution in [-0.4, -0.2) is 37.6 Å². The van der Waals surface area contributed by atoms with E-state index >= 15 is 0 Å². The zero-order valence-electron chi connectivity index (χ0n) is 19.7. The van der Waals surface area contributed by atoms with Crippen molar-refractivity contribution in [1.29, 1.82) is 0 Å². The molecule has 0 aromatic heterocycles. The van der Waals surface area contributed by atoms with Crippen LogP contribution in [0.5, 0.6) is 0 Å². The quantitative estimate of drug-likeness (QED) is 0.418. The molecule has 1 aliphatic heterocycles. The minimum Gasteiger partial charge on any atom is -0.374 e. The lowest BCUT2D eigenvalue weighted by Crippen LogP contribution is -2.47. The van der Waals surface area contributed by atoms with Crippen molar-refractivity contribution in [3.05, 3.63) is 95.6 Å². The summed E-state index contributed by atoms with van der Waals surface area (Å²) < 4.78 is 42.0. The first-order chi connectivity index (χ1) is 16.3. The Morgan fingerprint density at radius 3 is 1.85 bits per heavy atom. The Morgan fingerprint density at radius 2 is 1.35 bits per heavy atom. The van der Waals surface area contributed by atoms with Crippen molar-refractivity contribution in [3.63, 3.8) is 0 Å². The van der Waals surface area contributed by atoms with Crippen LogP contribution in [0.4, 0.5) is 24.5 Å². The second-order valence-corrected chi connectivity index (χ2v) is 9.31. The topological polar surface area (TPSA) is 18.5 Å². The third kappa shape index (κ3) is 5.92. The van der Waals surface area contributed by atoms with Gasteiger partial charge in [-0.05, 0) is 35.2 Å². The highest BCUT2D eigenvalue weighted by Crippen LogP contribution is 2.39. The van der Waals surface area contributed by atoms with Gasteiger partial charge in [-0.2, -0.15) is 13.2 Å². The van der Waals surface area contributed by atoms with Gasteiger partial charge in [0.1, 0.15) is 0 Å². The Labute approximate surface area is 200 Å². The van der Waals surface area contributed by atoms with Crippen molar-refractivity contribution in [2.24, 2.45) is 5.92 Å². The van der Waals surface area contributed by atoms with E-state index in [1.54, 1.807) is 12.1 Å². The Kier molecular flexibility index (Phi) is 7.47. The van der Waals surface area contributed by atoms with Crippen LogP contribution >= 0.6 is 0 Å². The molecule has 0 saturated carbocycles. The molecule has 1 fully saturated rings. The highest BCUT2D eigenvalue weighted by molar-refractivity contribution is 5.65. The van der Waals surface area contributed by atoms with Crippen LogP contribution in [0.2, 0.25) is 0 Å². The predicted molar refractivity (Wildman–Crippen MR) is 133 cm³/mol. The minimum atomic E-state index is -4.45. The van der Waals surface area contributed by atoms with E-state index in [0.29, 0.717) is 5.92 Å². The van der Waals surface area contributed by atoms with E-state index in [2.05, 4.69) is 29.0 Å². The average molecular weight is 468 g/mol. The number of anilines is 2. The molecule has 6 heteroatoms. The number of rotatable bonds is 7. The summed E-state index contributed by atoms with van der Waals surface area (Å²) in [6.45, 7) is 8.89. The van der Waals surface area contributed by atoms with E-state index < -0.39 is 17.8 Å². The molecular formula is C28H32F3N3. The predicted octanol–water partition coefficient (Wildman–Crippen LogP) is 6.68. The molecule has 0 spiro atoms. The van der Waals surface area contributed by atoms with E-state index in [1.807, 2.05) is 60.7 Å². The van der Waals surface area contributed by atoms with Crippen molar-refractivity contribution in [1.82, 2.24) is 4.90 Å². The molecule has 0 aliphatic carbocycles. The van der Waals surface area contributed by atoms with Crippen LogP contribution in [0.1, 0.15) is 36.6 Å². The number of nitrogens with one attached hydrogen (secondary N) is 1. The molecular weight excluding hydrogens is 435 g/mol. The van der Waals surface area contributed by atoms with Crippen LogP contribution < -0.4 is 10.2 Å². The molecule has 3 aromatic rings. The van der Waals surface area contributed by atoms with Gasteiger partial charge in [-0.1, -0.05) is 74.5 Å². The number of hydrogen-bond acceptors (Lipinski definition) is 3. The van der Waals surface area contributed by atoms with E-state index in [4.69, 9.17) is 0 Å². The zero-order chi connectivity index (χ0) is 24.1. The molecule has 1 heterocycles. The number of nitrogens with zero attached hydrogens (tertiary/aromatic N) is 2. The molecule has 3 nitrogen and oxygen atoms in total. The molecule has 1 N–H and O–H groups in total. The molecule has 180 valence electrons. The van der Waals surface area contributed by atoms with Crippen LogP contribution in [-0.2, 0) is 6.18 Å². The molecule has 1 saturated heterocycles. The van der Waals surface area contributed by atoms with Crippen LogP contribution in [0.15, 0.2) is 78.9 Å². The monoisotopic (exact) mass is 467 g/mol. The maximum atomic E-state index is 14.0. The summed E-state index contributed by atoms with van der Waals surface area (Å²) in [5.41, 5.74) is 2.10. The number of benzene rings is 3. The summed E-state index contributed by atoms with van der Waals surface area (Å²) in [5, 5.41) is 3.24. The van der Waals surface area contributed by atoms with Gasteiger partial charge < -0.3 is 10.2 Å². The fourth-order valence-electron chi connectivity index (χ4n) is 4.61. The maximum Gasteiger partial charge on any atom is 0.418 e. The molecule has 4 rings (SSSR count). The molecule has 3 aromatic carbocycles. The zero-order valence-corrected chi connectivity index (χ0v) is 19.7. The summed E-state index contributed by atoms with van der Waals surface area (Å²) in [5.74, 6) is 0.598. The molecule has 1 aliphatic rings. The lowest BCUT2D eigenvalue weighted by molar-refractivity contribution is -0.137. The van der Waals surface area contributed by atoms with Gasteiger partial charge in [0, 0.05) is 44.1 Å². The lowest BCUT2D eigenvalue weighted by Gasteiger charge is -2.37. The molecule has 0 amide bonds. The highest BCUT2D eigenvalue weighted by Gasteiger charge is 2.35. The fraction of sp³-hybridized carbons (Fsp3) is 0.357. The minimum absolute atomic E-state index is 0.104. The summed E-state index contributed by atoms with van der Waals surface area (Å²) in [6, 6.07) is 23.3. The normalized spacial score (nSPS) is 15.2. The van der Waals surface area contributed by atoms with E-state index in [1.165, 1.54) is 6.07 Å². The highest BCUT2D eigenvalue weighted by atomic mass is 19.4. The van der Waals surface area contributed by atoms with Gasteiger partial charge in [0.05, 0.1) is 11.6 Å². The largest absolute Gasteiger partial charge is 0.418 e. The second kappa shape index (κ2) is 10.5. The Bertz CT molecular complexity index is 1000. The molecule has 0 radical (unpaired) electrons. The molecule has 0 atom stereocenters. The first kappa shape index (κ1) is 24.1. The van der Waals surface area contributed by atoms with Gasteiger partial charge in [0.25, 0.3) is 0 Å². The average Bonchev–Trinajstić information content (AvgIpc) is 2.83. The Balaban J connectivity index is 1.65. The fourth-order valence-corrected chi connectivity index (χ4v) is 4.61. The van der Waals surface area contributed by atoms with Gasteiger partial charge in [-0.3, -0.25) is 4.90 Å². The van der Waals surface area contributed by atoms with Gasteiger partial charge >= 0.3 is 6.18 Å². The van der Waals surface area contributed by atoms with Crippen LogP contribution in [0, 0.1) is 5.92 Å². The summed E-state index contributed by atoms with van der Waals surface area (Å²) in [6.07, 6.45) is -4.45. The van der Waals surface area contributed by atoms with E-state index in [0.717, 1.165) is 49.5 Å². The third-order valence-electron chi connectivity index (χ3n) is 6.23. The smallest absolute Gasteiger partial charge is 0.374 e. The number of halogens is 3. The third-order valence-corrected chi connectivity index (χ3v) is 6.23. The SMILES string of the molecule is CC(C)CN1CCN(c2ccc(C(F)(F)F)c(NC(c3ccccc3)c3ccccc3)c2)CC1. The number of alkyl halides is 3. The molecule has 0 bridgehead atoms. The van der Waals surface area contributed by atoms with Gasteiger partial charge in [0.15, 0.2) is 0 Å².